The van der Waals surface area contributed by atoms with Gasteiger partial charge in [-0.2, -0.15) is 0 Å². The van der Waals surface area contributed by atoms with E-state index in [0.29, 0.717) is 6.54 Å². The summed E-state index contributed by atoms with van der Waals surface area (Å²) in [5.74, 6) is 0. The minimum atomic E-state index is -0.438. The minimum absolute atomic E-state index is 0.438. The Hall–Kier alpha value is -1.26. The van der Waals surface area contributed by atoms with E-state index < -0.39 is 6.23 Å². The molecule has 1 aliphatic heterocycles. The highest BCUT2D eigenvalue weighted by molar-refractivity contribution is 5.53. The second-order valence-corrected chi connectivity index (χ2v) is 3.47. The average molecular weight is 193 g/mol. The van der Waals surface area contributed by atoms with Crippen LogP contribution in [0.1, 0.15) is 0 Å². The van der Waals surface area contributed by atoms with E-state index in [-0.39, 0.29) is 0 Å². The van der Waals surface area contributed by atoms with Crippen LogP contribution in [0.25, 0.3) is 0 Å². The number of nitrogen functional groups attached to an aromatic ring is 1. The summed E-state index contributed by atoms with van der Waals surface area (Å²) < 4.78 is 0. The summed E-state index contributed by atoms with van der Waals surface area (Å²) in [5.41, 5.74) is 7.37. The van der Waals surface area contributed by atoms with Gasteiger partial charge in [0.25, 0.3) is 0 Å². The highest BCUT2D eigenvalue weighted by Crippen LogP contribution is 2.18. The van der Waals surface area contributed by atoms with Gasteiger partial charge in [-0.05, 0) is 24.3 Å². The zero-order valence-corrected chi connectivity index (χ0v) is 7.98. The number of hydrogen-bond donors (Lipinski definition) is 3. The summed E-state index contributed by atoms with van der Waals surface area (Å²) >= 11 is 0. The number of rotatable bonds is 1. The Labute approximate surface area is 83.3 Å². The number of hydrogen-bond acceptors (Lipinski definition) is 4. The van der Waals surface area contributed by atoms with Crippen molar-refractivity contribution < 1.29 is 5.11 Å². The van der Waals surface area contributed by atoms with Gasteiger partial charge in [0.2, 0.25) is 0 Å². The van der Waals surface area contributed by atoms with Crippen molar-refractivity contribution >= 4 is 11.4 Å². The van der Waals surface area contributed by atoms with Gasteiger partial charge in [-0.15, -0.1) is 0 Å². The van der Waals surface area contributed by atoms with Gasteiger partial charge in [0.05, 0.1) is 0 Å². The monoisotopic (exact) mass is 193 g/mol. The van der Waals surface area contributed by atoms with Gasteiger partial charge in [0, 0.05) is 31.0 Å². The molecule has 0 saturated carbocycles. The number of nitrogens with one attached hydrogen (secondary N) is 1. The molecule has 1 saturated heterocycles. The molecule has 1 heterocycles. The van der Waals surface area contributed by atoms with Crippen LogP contribution in [0.2, 0.25) is 0 Å². The lowest BCUT2D eigenvalue weighted by Crippen LogP contribution is -2.51. The maximum atomic E-state index is 9.72. The van der Waals surface area contributed by atoms with Crippen LogP contribution in [0.15, 0.2) is 24.3 Å². The summed E-state index contributed by atoms with van der Waals surface area (Å²) in [6, 6.07) is 7.57. The second-order valence-electron chi connectivity index (χ2n) is 3.47. The van der Waals surface area contributed by atoms with Gasteiger partial charge in [0.15, 0.2) is 0 Å². The molecule has 2 rings (SSSR count). The topological polar surface area (TPSA) is 61.5 Å². The van der Waals surface area contributed by atoms with Gasteiger partial charge in [0.1, 0.15) is 6.23 Å². The first kappa shape index (κ1) is 9.30. The predicted octanol–water partition coefficient (Wildman–Crippen LogP) is -0.00320. The van der Waals surface area contributed by atoms with E-state index in [1.165, 1.54) is 0 Å². The summed E-state index contributed by atoms with van der Waals surface area (Å²) in [6.07, 6.45) is -0.438. The van der Waals surface area contributed by atoms with E-state index in [9.17, 15) is 5.11 Å². The van der Waals surface area contributed by atoms with Crippen LogP contribution in [-0.4, -0.2) is 31.0 Å². The van der Waals surface area contributed by atoms with Crippen molar-refractivity contribution in [3.63, 3.8) is 0 Å². The molecule has 1 aliphatic rings. The van der Waals surface area contributed by atoms with Crippen molar-refractivity contribution in [2.24, 2.45) is 0 Å². The molecule has 1 unspecified atom stereocenters. The number of benzene rings is 1. The number of piperazine rings is 1. The first-order valence-electron chi connectivity index (χ1n) is 4.78. The number of β-amino-alcohol motifs (C(OH)–C–C–N with tert-alkyl or cyclic N) is 1. The fourth-order valence-electron chi connectivity index (χ4n) is 1.66. The highest BCUT2D eigenvalue weighted by Gasteiger charge is 2.19. The maximum Gasteiger partial charge on any atom is 0.139 e. The Kier molecular flexibility index (Phi) is 2.56. The third-order valence-corrected chi connectivity index (χ3v) is 2.44. The number of anilines is 2. The molecule has 0 radical (unpaired) electrons. The van der Waals surface area contributed by atoms with E-state index >= 15 is 0 Å². The van der Waals surface area contributed by atoms with Crippen LogP contribution in [-0.2, 0) is 0 Å². The molecule has 14 heavy (non-hydrogen) atoms. The second kappa shape index (κ2) is 3.86. The van der Waals surface area contributed by atoms with Crippen molar-refractivity contribution in [1.82, 2.24) is 5.32 Å². The molecule has 1 fully saturated rings. The SMILES string of the molecule is Nc1ccc(N2CCNCC2O)cc1. The third-order valence-electron chi connectivity index (χ3n) is 2.44. The first-order chi connectivity index (χ1) is 6.77. The number of aliphatic hydroxyl groups excluding tert-OH is 1. The van der Waals surface area contributed by atoms with E-state index in [2.05, 4.69) is 5.32 Å². The first-order valence-corrected chi connectivity index (χ1v) is 4.78. The number of nitrogens with two attached hydrogens (primary N) is 1. The fourth-order valence-corrected chi connectivity index (χ4v) is 1.66. The lowest BCUT2D eigenvalue weighted by atomic mass is 10.2. The zero-order chi connectivity index (χ0) is 9.97. The van der Waals surface area contributed by atoms with Crippen molar-refractivity contribution in [2.45, 2.75) is 6.23 Å². The molecule has 0 aromatic heterocycles. The molecule has 76 valence electrons. The van der Waals surface area contributed by atoms with Crippen molar-refractivity contribution in [3.8, 4) is 0 Å². The van der Waals surface area contributed by atoms with Crippen LogP contribution < -0.4 is 16.0 Å². The van der Waals surface area contributed by atoms with Crippen LogP contribution >= 0.6 is 0 Å². The van der Waals surface area contributed by atoms with Crippen LogP contribution in [0, 0.1) is 0 Å². The molecule has 1 aromatic rings. The van der Waals surface area contributed by atoms with Gasteiger partial charge < -0.3 is 21.1 Å². The quantitative estimate of drug-likeness (QED) is 0.549. The molecule has 1 aromatic carbocycles. The Morgan fingerprint density at radius 2 is 2.07 bits per heavy atom. The Morgan fingerprint density at radius 1 is 1.36 bits per heavy atom. The maximum absolute atomic E-state index is 9.72. The average Bonchev–Trinajstić information content (AvgIpc) is 2.20. The standard InChI is InChI=1S/C10H15N3O/c11-8-1-3-9(4-2-8)13-6-5-12-7-10(13)14/h1-4,10,12,14H,5-7,11H2. The molecular weight excluding hydrogens is 178 g/mol. The molecule has 0 bridgehead atoms. The summed E-state index contributed by atoms with van der Waals surface area (Å²) in [5, 5.41) is 12.9. The molecule has 1 atom stereocenters. The van der Waals surface area contributed by atoms with Gasteiger partial charge in [-0.25, -0.2) is 0 Å². The largest absolute Gasteiger partial charge is 0.399 e. The Balaban J connectivity index is 2.16. The zero-order valence-electron chi connectivity index (χ0n) is 7.98. The molecule has 4 N–H and O–H groups in total. The smallest absolute Gasteiger partial charge is 0.139 e. The summed E-state index contributed by atoms with van der Waals surface area (Å²) in [7, 11) is 0. The van der Waals surface area contributed by atoms with E-state index in [4.69, 9.17) is 5.73 Å². The molecule has 0 aliphatic carbocycles. The third kappa shape index (κ3) is 1.81. The fraction of sp³-hybridized carbons (Fsp3) is 0.400. The van der Waals surface area contributed by atoms with Crippen molar-refractivity contribution in [2.75, 3.05) is 30.3 Å². The van der Waals surface area contributed by atoms with Crippen molar-refractivity contribution in [1.29, 1.82) is 0 Å². The van der Waals surface area contributed by atoms with E-state index in [0.717, 1.165) is 24.5 Å². The van der Waals surface area contributed by atoms with Crippen molar-refractivity contribution in [3.05, 3.63) is 24.3 Å². The van der Waals surface area contributed by atoms with Gasteiger partial charge in [-0.3, -0.25) is 0 Å². The number of aliphatic hydroxyl groups is 1. The Bertz CT molecular complexity index is 299. The number of nitrogens with zero attached hydrogens (tertiary/aromatic N) is 1. The molecular formula is C10H15N3O. The summed E-state index contributed by atoms with van der Waals surface area (Å²) in [4.78, 5) is 1.97. The molecule has 0 amide bonds. The van der Waals surface area contributed by atoms with E-state index in [1.54, 1.807) is 0 Å². The molecule has 4 heteroatoms. The molecule has 4 nitrogen and oxygen atoms in total. The summed E-state index contributed by atoms with van der Waals surface area (Å²) in [6.45, 7) is 2.34. The van der Waals surface area contributed by atoms with Crippen LogP contribution in [0.4, 0.5) is 11.4 Å². The Morgan fingerprint density at radius 3 is 2.71 bits per heavy atom. The van der Waals surface area contributed by atoms with Crippen LogP contribution in [0.3, 0.4) is 0 Å². The molecule has 0 spiro atoms. The van der Waals surface area contributed by atoms with Crippen LogP contribution in [0.5, 0.6) is 0 Å². The lowest BCUT2D eigenvalue weighted by Gasteiger charge is -2.34. The minimum Gasteiger partial charge on any atom is -0.399 e. The highest BCUT2D eigenvalue weighted by atomic mass is 16.3. The van der Waals surface area contributed by atoms with E-state index in [1.807, 2.05) is 29.2 Å². The normalized spacial score (nSPS) is 22.4. The predicted molar refractivity (Wildman–Crippen MR) is 57.1 cm³/mol. The van der Waals surface area contributed by atoms with Gasteiger partial charge in [-0.1, -0.05) is 0 Å². The lowest BCUT2D eigenvalue weighted by molar-refractivity contribution is 0.152. The van der Waals surface area contributed by atoms with Gasteiger partial charge >= 0.3 is 0 Å².